The highest BCUT2D eigenvalue weighted by Crippen LogP contribution is 2.28. The maximum atomic E-state index is 12.7. The molecule has 1 amide bonds. The van der Waals surface area contributed by atoms with E-state index in [1.165, 1.54) is 0 Å². The molecule has 156 valence electrons. The number of rotatable bonds is 8. The summed E-state index contributed by atoms with van der Waals surface area (Å²) in [5.41, 5.74) is 2.98. The van der Waals surface area contributed by atoms with Crippen molar-refractivity contribution in [3.63, 3.8) is 0 Å². The monoisotopic (exact) mass is 413 g/mol. The number of hydrogen-bond donors (Lipinski definition) is 1. The minimum absolute atomic E-state index is 0.0302. The molecule has 3 aromatic carbocycles. The summed E-state index contributed by atoms with van der Waals surface area (Å²) in [6, 6.07) is 27.5. The number of amides is 1. The number of carbonyl (C=O) groups is 1. The van der Waals surface area contributed by atoms with Crippen LogP contribution in [0.25, 0.3) is 11.4 Å². The van der Waals surface area contributed by atoms with Crippen LogP contribution in [0.4, 0.5) is 0 Å². The van der Waals surface area contributed by atoms with Crippen LogP contribution in [0.1, 0.15) is 29.4 Å². The van der Waals surface area contributed by atoms with Crippen molar-refractivity contribution in [2.45, 2.75) is 18.9 Å². The van der Waals surface area contributed by atoms with Gasteiger partial charge in [-0.1, -0.05) is 78.0 Å². The highest BCUT2D eigenvalue weighted by molar-refractivity contribution is 5.77. The van der Waals surface area contributed by atoms with Gasteiger partial charge in [0.15, 0.2) is 0 Å². The molecule has 0 atom stereocenters. The van der Waals surface area contributed by atoms with Gasteiger partial charge in [0.1, 0.15) is 5.75 Å². The van der Waals surface area contributed by atoms with Crippen molar-refractivity contribution in [1.82, 2.24) is 15.5 Å². The van der Waals surface area contributed by atoms with Crippen molar-refractivity contribution < 1.29 is 14.1 Å². The minimum Gasteiger partial charge on any atom is -0.497 e. The SMILES string of the molecule is COc1cccc(-c2noc(CNC(=O)CC(c3ccccc3)c3ccccc3)n2)c1. The number of nitrogens with zero attached hydrogens (tertiary/aromatic N) is 2. The molecule has 1 N–H and O–H groups in total. The molecule has 0 unspecified atom stereocenters. The molecule has 0 saturated heterocycles. The van der Waals surface area contributed by atoms with Crippen LogP contribution in [-0.2, 0) is 11.3 Å². The van der Waals surface area contributed by atoms with Crippen LogP contribution >= 0.6 is 0 Å². The lowest BCUT2D eigenvalue weighted by Crippen LogP contribution is -2.25. The average molecular weight is 413 g/mol. The normalized spacial score (nSPS) is 10.8. The van der Waals surface area contributed by atoms with Gasteiger partial charge in [-0.3, -0.25) is 4.79 Å². The Morgan fingerprint density at radius 1 is 0.968 bits per heavy atom. The Bertz CT molecular complexity index is 1090. The molecule has 0 radical (unpaired) electrons. The first-order chi connectivity index (χ1) is 15.2. The van der Waals surface area contributed by atoms with E-state index < -0.39 is 0 Å². The van der Waals surface area contributed by atoms with Gasteiger partial charge in [0.05, 0.1) is 13.7 Å². The topological polar surface area (TPSA) is 77.3 Å². The molecule has 0 aliphatic carbocycles. The Hall–Kier alpha value is -3.93. The summed E-state index contributed by atoms with van der Waals surface area (Å²) in [6.45, 7) is 0.173. The fourth-order valence-corrected chi connectivity index (χ4v) is 3.44. The van der Waals surface area contributed by atoms with E-state index in [1.807, 2.05) is 84.9 Å². The maximum absolute atomic E-state index is 12.7. The fourth-order valence-electron chi connectivity index (χ4n) is 3.44. The molecule has 1 heterocycles. The number of ether oxygens (including phenoxy) is 1. The molecular weight excluding hydrogens is 390 g/mol. The van der Waals surface area contributed by atoms with Crippen molar-refractivity contribution in [2.75, 3.05) is 7.11 Å². The van der Waals surface area contributed by atoms with Crippen LogP contribution in [0, 0.1) is 0 Å². The zero-order chi connectivity index (χ0) is 21.5. The van der Waals surface area contributed by atoms with Gasteiger partial charge in [-0.15, -0.1) is 0 Å². The quantitative estimate of drug-likeness (QED) is 0.457. The molecule has 1 aromatic heterocycles. The number of aromatic nitrogens is 2. The van der Waals surface area contributed by atoms with Crippen LogP contribution in [0.2, 0.25) is 0 Å². The van der Waals surface area contributed by atoms with E-state index in [-0.39, 0.29) is 18.4 Å². The predicted molar refractivity (Wildman–Crippen MR) is 117 cm³/mol. The van der Waals surface area contributed by atoms with Gasteiger partial charge < -0.3 is 14.6 Å². The number of nitrogens with one attached hydrogen (secondary N) is 1. The second-order valence-corrected chi connectivity index (χ2v) is 7.10. The molecule has 4 rings (SSSR count). The molecule has 0 aliphatic rings. The van der Waals surface area contributed by atoms with Crippen molar-refractivity contribution in [2.24, 2.45) is 0 Å². The van der Waals surface area contributed by atoms with Gasteiger partial charge >= 0.3 is 0 Å². The van der Waals surface area contributed by atoms with Crippen LogP contribution in [0.3, 0.4) is 0 Å². The van der Waals surface area contributed by atoms with Crippen LogP contribution in [0.15, 0.2) is 89.5 Å². The van der Waals surface area contributed by atoms with Crippen molar-refractivity contribution in [1.29, 1.82) is 0 Å². The van der Waals surface area contributed by atoms with E-state index in [9.17, 15) is 4.79 Å². The molecule has 0 spiro atoms. The maximum Gasteiger partial charge on any atom is 0.246 e. The van der Waals surface area contributed by atoms with Crippen LogP contribution in [-0.4, -0.2) is 23.2 Å². The second-order valence-electron chi connectivity index (χ2n) is 7.10. The first-order valence-electron chi connectivity index (χ1n) is 10.1. The third-order valence-corrected chi connectivity index (χ3v) is 5.03. The lowest BCUT2D eigenvalue weighted by molar-refractivity contribution is -0.121. The van der Waals surface area contributed by atoms with Gasteiger partial charge in [-0.05, 0) is 23.3 Å². The van der Waals surface area contributed by atoms with Crippen molar-refractivity contribution in [3.8, 4) is 17.1 Å². The molecule has 0 fully saturated rings. The van der Waals surface area contributed by atoms with Crippen LogP contribution < -0.4 is 10.1 Å². The molecule has 0 bridgehead atoms. The van der Waals surface area contributed by atoms with Crippen molar-refractivity contribution in [3.05, 3.63) is 102 Å². The van der Waals surface area contributed by atoms with Gasteiger partial charge in [0, 0.05) is 17.9 Å². The van der Waals surface area contributed by atoms with Gasteiger partial charge in [0.2, 0.25) is 17.6 Å². The summed E-state index contributed by atoms with van der Waals surface area (Å²) >= 11 is 0. The Morgan fingerprint density at radius 3 is 2.29 bits per heavy atom. The zero-order valence-electron chi connectivity index (χ0n) is 17.2. The molecule has 31 heavy (non-hydrogen) atoms. The predicted octanol–water partition coefficient (Wildman–Crippen LogP) is 4.58. The van der Waals surface area contributed by atoms with Gasteiger partial charge in [-0.25, -0.2) is 0 Å². The summed E-state index contributed by atoms with van der Waals surface area (Å²) in [7, 11) is 1.61. The van der Waals surface area contributed by atoms with Gasteiger partial charge in [0.25, 0.3) is 0 Å². The highest BCUT2D eigenvalue weighted by atomic mass is 16.5. The Kier molecular flexibility index (Phi) is 6.38. The summed E-state index contributed by atoms with van der Waals surface area (Å²) in [4.78, 5) is 17.1. The third kappa shape index (κ3) is 5.17. The molecule has 0 saturated carbocycles. The molecule has 0 aliphatic heterocycles. The van der Waals surface area contributed by atoms with Crippen LogP contribution in [0.5, 0.6) is 5.75 Å². The molecular formula is C25H23N3O3. The number of carbonyl (C=O) groups excluding carboxylic acids is 1. The fraction of sp³-hybridized carbons (Fsp3) is 0.160. The molecule has 6 heteroatoms. The number of hydrogen-bond acceptors (Lipinski definition) is 5. The second kappa shape index (κ2) is 9.71. The van der Waals surface area contributed by atoms with E-state index >= 15 is 0 Å². The van der Waals surface area contributed by atoms with Gasteiger partial charge in [-0.2, -0.15) is 4.98 Å². The summed E-state index contributed by atoms with van der Waals surface area (Å²) in [5.74, 6) is 1.40. The van der Waals surface area contributed by atoms with E-state index in [1.54, 1.807) is 7.11 Å². The van der Waals surface area contributed by atoms with Crippen molar-refractivity contribution >= 4 is 5.91 Å². The lowest BCUT2D eigenvalue weighted by atomic mass is 9.88. The smallest absolute Gasteiger partial charge is 0.246 e. The Balaban J connectivity index is 1.42. The lowest BCUT2D eigenvalue weighted by Gasteiger charge is -2.17. The summed E-state index contributed by atoms with van der Waals surface area (Å²) in [5, 5.41) is 6.90. The van der Waals surface area contributed by atoms with E-state index in [0.29, 0.717) is 23.9 Å². The standard InChI is InChI=1S/C25H23N3O3/c1-30-21-14-8-13-20(15-21)25-27-24(31-28-25)17-26-23(29)16-22(18-9-4-2-5-10-18)19-11-6-3-7-12-19/h2-15,22H,16-17H2,1H3,(H,26,29). The Labute approximate surface area is 180 Å². The summed E-state index contributed by atoms with van der Waals surface area (Å²) < 4.78 is 10.5. The third-order valence-electron chi connectivity index (χ3n) is 5.03. The first-order valence-corrected chi connectivity index (χ1v) is 10.1. The highest BCUT2D eigenvalue weighted by Gasteiger charge is 2.18. The first kappa shape index (κ1) is 20.3. The zero-order valence-corrected chi connectivity index (χ0v) is 17.2. The largest absolute Gasteiger partial charge is 0.497 e. The minimum atomic E-state index is -0.0844. The number of benzene rings is 3. The average Bonchev–Trinajstić information content (AvgIpc) is 3.31. The molecule has 6 nitrogen and oxygen atoms in total. The van der Waals surface area contributed by atoms with E-state index in [2.05, 4.69) is 15.5 Å². The summed E-state index contributed by atoms with van der Waals surface area (Å²) in [6.07, 6.45) is 0.324. The molecule has 4 aromatic rings. The number of methoxy groups -OCH3 is 1. The Morgan fingerprint density at radius 2 is 1.65 bits per heavy atom. The van der Waals surface area contributed by atoms with E-state index in [0.717, 1.165) is 16.7 Å². The van der Waals surface area contributed by atoms with E-state index in [4.69, 9.17) is 9.26 Å².